The minimum absolute atomic E-state index is 0.142. The SMILES string of the molecule is CC1c2ccccc2CCN1c1nc2c(cnn2-c2ccccc2)c(=O)[nH]1. The molecule has 0 saturated heterocycles. The zero-order valence-electron chi connectivity index (χ0n) is 15.0. The van der Waals surface area contributed by atoms with Crippen molar-refractivity contribution in [3.63, 3.8) is 0 Å². The highest BCUT2D eigenvalue weighted by atomic mass is 16.1. The smallest absolute Gasteiger partial charge is 0.263 e. The zero-order valence-corrected chi connectivity index (χ0v) is 15.0. The van der Waals surface area contributed by atoms with Gasteiger partial charge >= 0.3 is 0 Å². The van der Waals surface area contributed by atoms with Gasteiger partial charge in [-0.3, -0.25) is 9.78 Å². The van der Waals surface area contributed by atoms with E-state index in [1.165, 1.54) is 11.1 Å². The summed E-state index contributed by atoms with van der Waals surface area (Å²) in [6.07, 6.45) is 2.51. The molecular weight excluding hydrogens is 338 g/mol. The van der Waals surface area contributed by atoms with Crippen LogP contribution in [0.3, 0.4) is 0 Å². The summed E-state index contributed by atoms with van der Waals surface area (Å²) < 4.78 is 1.72. The van der Waals surface area contributed by atoms with Gasteiger partial charge in [-0.25, -0.2) is 4.68 Å². The second-order valence-corrected chi connectivity index (χ2v) is 6.84. The Bertz CT molecular complexity index is 1180. The van der Waals surface area contributed by atoms with Crippen LogP contribution in [-0.4, -0.2) is 26.3 Å². The molecule has 1 N–H and O–H groups in total. The van der Waals surface area contributed by atoms with E-state index in [4.69, 9.17) is 4.98 Å². The first kappa shape index (κ1) is 15.8. The average molecular weight is 357 g/mol. The van der Waals surface area contributed by atoms with E-state index in [2.05, 4.69) is 46.2 Å². The van der Waals surface area contributed by atoms with Crippen LogP contribution in [0, 0.1) is 0 Å². The third kappa shape index (κ3) is 2.52. The van der Waals surface area contributed by atoms with E-state index in [9.17, 15) is 4.79 Å². The number of nitrogens with one attached hydrogen (secondary N) is 1. The van der Waals surface area contributed by atoms with E-state index >= 15 is 0 Å². The number of nitrogens with zero attached hydrogens (tertiary/aromatic N) is 4. The predicted molar refractivity (Wildman–Crippen MR) is 105 cm³/mol. The Morgan fingerprint density at radius 3 is 2.70 bits per heavy atom. The molecule has 0 fully saturated rings. The molecule has 0 spiro atoms. The number of hydrogen-bond acceptors (Lipinski definition) is 4. The molecule has 0 saturated carbocycles. The molecule has 27 heavy (non-hydrogen) atoms. The minimum atomic E-state index is -0.164. The van der Waals surface area contributed by atoms with E-state index < -0.39 is 0 Å². The van der Waals surface area contributed by atoms with E-state index in [0.717, 1.165) is 18.7 Å². The molecule has 1 aliphatic rings. The first-order valence-corrected chi connectivity index (χ1v) is 9.10. The van der Waals surface area contributed by atoms with Crippen molar-refractivity contribution < 1.29 is 0 Å². The van der Waals surface area contributed by atoms with Crippen LogP contribution >= 0.6 is 0 Å². The van der Waals surface area contributed by atoms with Gasteiger partial charge < -0.3 is 4.90 Å². The quantitative estimate of drug-likeness (QED) is 0.598. The summed E-state index contributed by atoms with van der Waals surface area (Å²) in [7, 11) is 0. The molecule has 2 aromatic carbocycles. The number of fused-ring (bicyclic) bond motifs is 2. The molecule has 2 aromatic heterocycles. The van der Waals surface area contributed by atoms with Crippen LogP contribution in [0.5, 0.6) is 0 Å². The maximum absolute atomic E-state index is 12.7. The summed E-state index contributed by atoms with van der Waals surface area (Å²) in [5, 5.41) is 4.88. The molecule has 5 rings (SSSR count). The fraction of sp³-hybridized carbons (Fsp3) is 0.190. The van der Waals surface area contributed by atoms with Crippen molar-refractivity contribution in [1.82, 2.24) is 19.7 Å². The van der Waals surface area contributed by atoms with Crippen LogP contribution in [-0.2, 0) is 6.42 Å². The predicted octanol–water partition coefficient (Wildman–Crippen LogP) is 3.23. The Morgan fingerprint density at radius 2 is 1.85 bits per heavy atom. The Morgan fingerprint density at radius 1 is 1.07 bits per heavy atom. The van der Waals surface area contributed by atoms with Crippen LogP contribution in [0.4, 0.5) is 5.95 Å². The molecule has 3 heterocycles. The lowest BCUT2D eigenvalue weighted by atomic mass is 9.94. The van der Waals surface area contributed by atoms with Crippen LogP contribution in [0.15, 0.2) is 65.6 Å². The Labute approximate surface area is 156 Å². The highest BCUT2D eigenvalue weighted by molar-refractivity contribution is 5.76. The van der Waals surface area contributed by atoms with E-state index in [1.807, 2.05) is 30.3 Å². The molecule has 0 bridgehead atoms. The highest BCUT2D eigenvalue weighted by Gasteiger charge is 2.26. The Balaban J connectivity index is 1.64. The number of anilines is 1. The van der Waals surface area contributed by atoms with E-state index in [0.29, 0.717) is 17.0 Å². The van der Waals surface area contributed by atoms with Gasteiger partial charge in [0.2, 0.25) is 5.95 Å². The normalized spacial score (nSPS) is 16.5. The van der Waals surface area contributed by atoms with Gasteiger partial charge in [0.15, 0.2) is 5.65 Å². The molecule has 0 aliphatic carbocycles. The number of rotatable bonds is 2. The van der Waals surface area contributed by atoms with Gasteiger partial charge in [-0.2, -0.15) is 10.1 Å². The van der Waals surface area contributed by atoms with Gasteiger partial charge in [0.1, 0.15) is 5.39 Å². The van der Waals surface area contributed by atoms with Crippen molar-refractivity contribution in [1.29, 1.82) is 0 Å². The number of aromatic nitrogens is 4. The third-order valence-corrected chi connectivity index (χ3v) is 5.29. The van der Waals surface area contributed by atoms with Gasteiger partial charge in [0.05, 0.1) is 17.9 Å². The minimum Gasteiger partial charge on any atom is -0.335 e. The van der Waals surface area contributed by atoms with Crippen molar-refractivity contribution in [3.8, 4) is 5.69 Å². The molecule has 6 heteroatoms. The Hall–Kier alpha value is -3.41. The number of aromatic amines is 1. The van der Waals surface area contributed by atoms with Gasteiger partial charge in [-0.1, -0.05) is 42.5 Å². The van der Waals surface area contributed by atoms with E-state index in [1.54, 1.807) is 10.9 Å². The van der Waals surface area contributed by atoms with Crippen LogP contribution < -0.4 is 10.5 Å². The maximum atomic E-state index is 12.7. The monoisotopic (exact) mass is 357 g/mol. The standard InChI is InChI=1S/C21H19N5O/c1-14-17-10-6-5-7-15(17)11-12-25(14)21-23-19-18(20(27)24-21)13-22-26(19)16-8-3-2-4-9-16/h2-10,13-14H,11-12H2,1H3,(H,23,24,27). The maximum Gasteiger partial charge on any atom is 0.263 e. The summed E-state index contributed by atoms with van der Waals surface area (Å²) in [5.74, 6) is 0.590. The lowest BCUT2D eigenvalue weighted by Gasteiger charge is -2.35. The highest BCUT2D eigenvalue weighted by Crippen LogP contribution is 2.31. The summed E-state index contributed by atoms with van der Waals surface area (Å²) in [6, 6.07) is 18.3. The van der Waals surface area contributed by atoms with Gasteiger partial charge in [-0.15, -0.1) is 0 Å². The van der Waals surface area contributed by atoms with Crippen molar-refractivity contribution >= 4 is 17.0 Å². The molecule has 134 valence electrons. The molecule has 1 aliphatic heterocycles. The number of hydrogen-bond donors (Lipinski definition) is 1. The number of benzene rings is 2. The van der Waals surface area contributed by atoms with E-state index in [-0.39, 0.29) is 11.6 Å². The van der Waals surface area contributed by atoms with Crippen molar-refractivity contribution in [2.45, 2.75) is 19.4 Å². The summed E-state index contributed by atoms with van der Waals surface area (Å²) in [6.45, 7) is 2.96. The summed E-state index contributed by atoms with van der Waals surface area (Å²) >= 11 is 0. The number of para-hydroxylation sites is 1. The van der Waals surface area contributed by atoms with Crippen molar-refractivity contribution in [2.75, 3.05) is 11.4 Å². The zero-order chi connectivity index (χ0) is 18.4. The third-order valence-electron chi connectivity index (χ3n) is 5.29. The van der Waals surface area contributed by atoms with Crippen molar-refractivity contribution in [2.24, 2.45) is 0 Å². The van der Waals surface area contributed by atoms with Crippen LogP contribution in [0.2, 0.25) is 0 Å². The fourth-order valence-electron chi connectivity index (χ4n) is 3.86. The largest absolute Gasteiger partial charge is 0.335 e. The first-order valence-electron chi connectivity index (χ1n) is 9.10. The van der Waals surface area contributed by atoms with Crippen molar-refractivity contribution in [3.05, 3.63) is 82.3 Å². The molecule has 1 atom stereocenters. The molecular formula is C21H19N5O. The van der Waals surface area contributed by atoms with Gasteiger partial charge in [-0.05, 0) is 36.6 Å². The second-order valence-electron chi connectivity index (χ2n) is 6.84. The molecule has 0 amide bonds. The summed E-state index contributed by atoms with van der Waals surface area (Å²) in [4.78, 5) is 22.6. The number of H-pyrrole nitrogens is 1. The molecule has 6 nitrogen and oxygen atoms in total. The van der Waals surface area contributed by atoms with Gasteiger partial charge in [0, 0.05) is 6.54 Å². The first-order chi connectivity index (χ1) is 13.2. The molecule has 0 radical (unpaired) electrons. The average Bonchev–Trinajstić information content (AvgIpc) is 3.14. The lowest BCUT2D eigenvalue weighted by molar-refractivity contribution is 0.608. The fourth-order valence-corrected chi connectivity index (χ4v) is 3.86. The van der Waals surface area contributed by atoms with Crippen LogP contribution in [0.1, 0.15) is 24.1 Å². The van der Waals surface area contributed by atoms with Crippen LogP contribution in [0.25, 0.3) is 16.7 Å². The second kappa shape index (κ2) is 6.09. The molecule has 1 unspecified atom stereocenters. The lowest BCUT2D eigenvalue weighted by Crippen LogP contribution is -2.36. The summed E-state index contributed by atoms with van der Waals surface area (Å²) in [5.41, 5.74) is 3.94. The topological polar surface area (TPSA) is 66.8 Å². The van der Waals surface area contributed by atoms with Gasteiger partial charge in [0.25, 0.3) is 5.56 Å². The molecule has 4 aromatic rings. The Kier molecular flexibility index (Phi) is 3.57.